The molecule has 0 atom stereocenters. The molecule has 0 aliphatic heterocycles. The molecule has 0 spiro atoms. The van der Waals surface area contributed by atoms with Crippen LogP contribution in [0.5, 0.6) is 0 Å². The molecule has 0 fully saturated rings. The first-order valence-electron chi connectivity index (χ1n) is 23.9. The maximum atomic E-state index is 6.93. The van der Waals surface area contributed by atoms with Gasteiger partial charge in [0.15, 0.2) is 0 Å². The summed E-state index contributed by atoms with van der Waals surface area (Å²) >= 11 is 0. The third-order valence-electron chi connectivity index (χ3n) is 13.2. The Kier molecular flexibility index (Phi) is 12.8. The number of aromatic nitrogens is 4. The summed E-state index contributed by atoms with van der Waals surface area (Å²) in [4.78, 5) is 14.0. The predicted molar refractivity (Wildman–Crippen MR) is 285 cm³/mol. The number of benzene rings is 8. The Morgan fingerprint density at radius 2 is 1.29 bits per heavy atom. The first kappa shape index (κ1) is 47.3. The average Bonchev–Trinajstić information content (AvgIpc) is 3.91. The molecule has 6 heteroatoms. The average molecular weight is 1080 g/mol. The van der Waals surface area contributed by atoms with Gasteiger partial charge in [0.2, 0.25) is 0 Å². The minimum Gasteiger partial charge on any atom is -0.501 e. The first-order valence-corrected chi connectivity index (χ1v) is 23.9. The number of para-hydroxylation sites is 2. The van der Waals surface area contributed by atoms with E-state index in [0.29, 0.717) is 0 Å². The molecular weight excluding hydrogens is 1020 g/mol. The van der Waals surface area contributed by atoms with Crippen molar-refractivity contribution in [2.24, 2.45) is 0 Å². The topological polar surface area (TPSA) is 56.7 Å². The monoisotopic (exact) mass is 1080 g/mol. The third-order valence-corrected chi connectivity index (χ3v) is 13.2. The van der Waals surface area contributed by atoms with Crippen molar-refractivity contribution >= 4 is 54.5 Å². The Bertz CT molecular complexity index is 3620. The summed E-state index contributed by atoms with van der Waals surface area (Å²) in [5, 5.41) is 7.12. The van der Waals surface area contributed by atoms with Gasteiger partial charge < -0.3 is 8.98 Å². The number of furan rings is 1. The third kappa shape index (κ3) is 8.93. The van der Waals surface area contributed by atoms with Crippen molar-refractivity contribution in [2.45, 2.75) is 91.9 Å². The largest absolute Gasteiger partial charge is 0.501 e. The number of nitrogens with zero attached hydrogens (tertiary/aromatic N) is 4. The summed E-state index contributed by atoms with van der Waals surface area (Å²) < 4.78 is 9.31. The molecule has 0 unspecified atom stereocenters. The maximum absolute atomic E-state index is 6.93. The summed E-state index contributed by atoms with van der Waals surface area (Å²) in [6.45, 7) is 22.5. The van der Waals surface area contributed by atoms with E-state index >= 15 is 0 Å². The molecule has 11 aromatic rings. The number of hydrogen-bond acceptors (Lipinski definition) is 4. The number of fused-ring (bicyclic) bond motifs is 7. The fourth-order valence-corrected chi connectivity index (χ4v) is 9.65. The molecular formula is C63H58IrN4O-2. The summed E-state index contributed by atoms with van der Waals surface area (Å²) in [5.74, 6) is 1.39. The van der Waals surface area contributed by atoms with E-state index in [-0.39, 0.29) is 42.8 Å². The van der Waals surface area contributed by atoms with Crippen molar-refractivity contribution in [3.8, 4) is 39.5 Å². The van der Waals surface area contributed by atoms with E-state index < -0.39 is 0 Å². The quantitative estimate of drug-likeness (QED) is 0.123. The molecule has 0 bridgehead atoms. The second kappa shape index (κ2) is 18.6. The Morgan fingerprint density at radius 1 is 0.565 bits per heavy atom. The van der Waals surface area contributed by atoms with E-state index in [2.05, 4.69) is 211 Å². The van der Waals surface area contributed by atoms with Crippen molar-refractivity contribution in [3.63, 3.8) is 0 Å². The molecule has 69 heavy (non-hydrogen) atoms. The second-order valence-corrected chi connectivity index (χ2v) is 20.7. The van der Waals surface area contributed by atoms with Crippen LogP contribution in [0, 0.1) is 12.1 Å². The molecule has 0 aliphatic carbocycles. The molecule has 0 amide bonds. The van der Waals surface area contributed by atoms with Gasteiger partial charge in [0.25, 0.3) is 0 Å². The van der Waals surface area contributed by atoms with Crippen LogP contribution in [0.2, 0.25) is 0 Å². The van der Waals surface area contributed by atoms with Gasteiger partial charge in [0, 0.05) is 42.3 Å². The smallest absolute Gasteiger partial charge is 0.121 e. The van der Waals surface area contributed by atoms with Crippen molar-refractivity contribution in [3.05, 3.63) is 193 Å². The molecule has 3 aromatic heterocycles. The Labute approximate surface area is 420 Å². The van der Waals surface area contributed by atoms with E-state index in [0.717, 1.165) is 61.3 Å². The van der Waals surface area contributed by atoms with Gasteiger partial charge in [0.1, 0.15) is 11.9 Å². The molecule has 5 nitrogen and oxygen atoms in total. The fourth-order valence-electron chi connectivity index (χ4n) is 9.65. The van der Waals surface area contributed by atoms with Crippen LogP contribution in [0.3, 0.4) is 0 Å². The van der Waals surface area contributed by atoms with Gasteiger partial charge in [-0.1, -0.05) is 159 Å². The fraction of sp³-hybridized carbons (Fsp3) is 0.222. The van der Waals surface area contributed by atoms with Crippen LogP contribution in [0.1, 0.15) is 103 Å². The number of imidazole rings is 1. The van der Waals surface area contributed by atoms with Crippen LogP contribution in [0.15, 0.2) is 162 Å². The Balaban J connectivity index is 0.000000296. The zero-order chi connectivity index (χ0) is 47.5. The minimum absolute atomic E-state index is 0. The van der Waals surface area contributed by atoms with E-state index in [1.165, 1.54) is 55.0 Å². The molecule has 1 radical (unpaired) electrons. The van der Waals surface area contributed by atoms with Gasteiger partial charge in [-0.25, -0.2) is 4.98 Å². The van der Waals surface area contributed by atoms with E-state index in [4.69, 9.17) is 9.40 Å². The summed E-state index contributed by atoms with van der Waals surface area (Å²) in [6.07, 6.45) is 1.62. The normalized spacial score (nSPS) is 12.1. The first-order chi connectivity index (χ1) is 32.7. The maximum Gasteiger partial charge on any atom is 0.121 e. The van der Waals surface area contributed by atoms with Gasteiger partial charge in [-0.3, -0.25) is 9.97 Å². The zero-order valence-electron chi connectivity index (χ0n) is 41.2. The summed E-state index contributed by atoms with van der Waals surface area (Å²) in [6, 6.07) is 60.6. The molecule has 3 heterocycles. The van der Waals surface area contributed by atoms with Crippen molar-refractivity contribution in [1.29, 1.82) is 0 Å². The second-order valence-electron chi connectivity index (χ2n) is 20.7. The van der Waals surface area contributed by atoms with Crippen molar-refractivity contribution in [2.75, 3.05) is 0 Å². The summed E-state index contributed by atoms with van der Waals surface area (Å²) in [5.41, 5.74) is 15.2. The zero-order valence-corrected chi connectivity index (χ0v) is 43.6. The molecule has 0 saturated carbocycles. The van der Waals surface area contributed by atoms with Crippen LogP contribution >= 0.6 is 0 Å². The van der Waals surface area contributed by atoms with E-state index in [1.54, 1.807) is 6.33 Å². The van der Waals surface area contributed by atoms with Gasteiger partial charge >= 0.3 is 0 Å². The Morgan fingerprint density at radius 3 is 1.99 bits per heavy atom. The predicted octanol–water partition coefficient (Wildman–Crippen LogP) is 17.1. The Hall–Kier alpha value is -6.72. The molecule has 11 rings (SSSR count). The van der Waals surface area contributed by atoms with Crippen molar-refractivity contribution in [1.82, 2.24) is 19.5 Å². The van der Waals surface area contributed by atoms with Crippen molar-refractivity contribution < 1.29 is 24.5 Å². The molecule has 0 N–H and O–H groups in total. The molecule has 0 aliphatic rings. The van der Waals surface area contributed by atoms with Gasteiger partial charge in [-0.05, 0) is 109 Å². The number of hydrogen-bond donors (Lipinski definition) is 0. The van der Waals surface area contributed by atoms with E-state index in [9.17, 15) is 0 Å². The van der Waals surface area contributed by atoms with Crippen LogP contribution in [0.4, 0.5) is 0 Å². The molecule has 347 valence electrons. The van der Waals surface area contributed by atoms with Gasteiger partial charge in [-0.2, -0.15) is 0 Å². The van der Waals surface area contributed by atoms with Crippen LogP contribution in [0.25, 0.3) is 94.0 Å². The number of rotatable bonds is 6. The van der Waals surface area contributed by atoms with Gasteiger partial charge in [-0.15, -0.1) is 54.1 Å². The van der Waals surface area contributed by atoms with Crippen LogP contribution < -0.4 is 0 Å². The van der Waals surface area contributed by atoms with Crippen LogP contribution in [-0.2, 0) is 30.9 Å². The summed E-state index contributed by atoms with van der Waals surface area (Å²) in [7, 11) is 0. The SMILES string of the molecule is CC(C)(C)c1cc(-c2[c-]cccc2)ncn1.CC(C)c1cc(-c2ccccc2)cc(C(C)C)c1-n1c(-c2[c-]ccc3c2oc2cc4c(ccc5c(C(C)(C)C)cccc54)cc23)nc2ccccc21.[Ir]. The molecule has 0 saturated heterocycles. The van der Waals surface area contributed by atoms with E-state index in [1.807, 2.05) is 36.4 Å². The standard InChI is InChI=1S/C49H43N2O.C14H15N2.Ir/c1-29(2)38-26-33(31-15-9-8-10-16-31)27-39(30(3)4)46(38)51-44-22-12-11-21-43(44)50-48(51)37-19-13-18-36-41-25-32-23-24-35-34(17-14-20-42(35)49(5,6)7)40(32)28-45(41)52-47(36)37;1-14(2,3)13-9-12(15-10-16-13)11-7-5-4-6-8-11;/h8-18,20-30H,1-7H3;4-7,9-10H,1-3H3;/q2*-1;. The van der Waals surface area contributed by atoms with Gasteiger partial charge in [0.05, 0.1) is 22.4 Å². The van der Waals surface area contributed by atoms with Crippen LogP contribution in [-0.4, -0.2) is 19.5 Å². The minimum atomic E-state index is 0. The molecule has 8 aromatic carbocycles.